The van der Waals surface area contributed by atoms with Crippen molar-refractivity contribution in [3.8, 4) is 5.75 Å². The van der Waals surface area contributed by atoms with Gasteiger partial charge in [-0.05, 0) is 60.2 Å². The molecule has 5 aromatic rings. The third-order valence-corrected chi connectivity index (χ3v) is 5.31. The van der Waals surface area contributed by atoms with Gasteiger partial charge in [0.1, 0.15) is 18.2 Å². The SMILES string of the molecule is Fc1ccccc1COc1ccc(/C=N/Nc2nc(Nc3ccccc3)nc(Nc3ccccc3)n2)cc1. The van der Waals surface area contributed by atoms with Crippen molar-refractivity contribution in [2.75, 3.05) is 16.1 Å². The molecule has 4 aromatic carbocycles. The minimum atomic E-state index is -0.287. The highest BCUT2D eigenvalue weighted by Gasteiger charge is 2.08. The van der Waals surface area contributed by atoms with E-state index in [4.69, 9.17) is 4.74 Å². The Morgan fingerprint density at radius 1 is 0.658 bits per heavy atom. The summed E-state index contributed by atoms with van der Waals surface area (Å²) < 4.78 is 19.5. The van der Waals surface area contributed by atoms with Crippen LogP contribution in [0.4, 0.5) is 33.6 Å². The molecule has 9 heteroatoms. The standard InChI is InChI=1S/C29H24FN7O/c30-26-14-8-7-9-22(26)20-38-25-17-15-21(16-18-25)19-31-37-29-35-27(32-23-10-3-1-4-11-23)34-28(36-29)33-24-12-5-2-6-13-24/h1-19H,20H2,(H3,32,33,34,35,36,37)/b31-19+. The van der Waals surface area contributed by atoms with Crippen molar-refractivity contribution in [2.24, 2.45) is 5.10 Å². The first-order valence-electron chi connectivity index (χ1n) is 11.9. The fourth-order valence-corrected chi connectivity index (χ4v) is 3.43. The van der Waals surface area contributed by atoms with E-state index >= 15 is 0 Å². The van der Waals surface area contributed by atoms with E-state index in [1.165, 1.54) is 6.07 Å². The summed E-state index contributed by atoms with van der Waals surface area (Å²) in [7, 11) is 0. The number of hydrazone groups is 1. The second-order valence-electron chi connectivity index (χ2n) is 8.11. The largest absolute Gasteiger partial charge is 0.489 e. The van der Waals surface area contributed by atoms with Crippen LogP contribution in [0, 0.1) is 5.82 Å². The summed E-state index contributed by atoms with van der Waals surface area (Å²) in [5, 5.41) is 10.6. The monoisotopic (exact) mass is 505 g/mol. The van der Waals surface area contributed by atoms with Crippen LogP contribution < -0.4 is 20.8 Å². The molecule has 0 aliphatic carbocycles. The van der Waals surface area contributed by atoms with E-state index < -0.39 is 0 Å². The highest BCUT2D eigenvalue weighted by atomic mass is 19.1. The highest BCUT2D eigenvalue weighted by molar-refractivity contribution is 5.80. The van der Waals surface area contributed by atoms with Crippen molar-refractivity contribution < 1.29 is 9.13 Å². The average molecular weight is 506 g/mol. The topological polar surface area (TPSA) is 96.4 Å². The molecule has 0 aliphatic rings. The minimum Gasteiger partial charge on any atom is -0.489 e. The van der Waals surface area contributed by atoms with E-state index in [9.17, 15) is 4.39 Å². The maximum Gasteiger partial charge on any atom is 0.250 e. The number of rotatable bonds is 10. The van der Waals surface area contributed by atoms with Crippen molar-refractivity contribution in [3.63, 3.8) is 0 Å². The molecule has 0 atom stereocenters. The number of hydrogen-bond acceptors (Lipinski definition) is 8. The molecule has 0 fully saturated rings. The molecule has 188 valence electrons. The first kappa shape index (κ1) is 24.4. The molecule has 5 rings (SSSR count). The molecule has 0 saturated heterocycles. The van der Waals surface area contributed by atoms with E-state index in [-0.39, 0.29) is 18.4 Å². The Labute approximate surface area is 219 Å². The summed E-state index contributed by atoms with van der Waals surface area (Å²) >= 11 is 0. The molecule has 0 aliphatic heterocycles. The molecule has 1 heterocycles. The molecule has 0 saturated carbocycles. The van der Waals surface area contributed by atoms with Gasteiger partial charge in [-0.25, -0.2) is 9.82 Å². The Kier molecular flexibility index (Phi) is 7.76. The molecule has 0 radical (unpaired) electrons. The van der Waals surface area contributed by atoms with Crippen molar-refractivity contribution in [2.45, 2.75) is 6.61 Å². The molecule has 8 nitrogen and oxygen atoms in total. The second-order valence-corrected chi connectivity index (χ2v) is 8.11. The number of nitrogens with one attached hydrogen (secondary N) is 3. The van der Waals surface area contributed by atoms with Crippen LogP contribution in [0.3, 0.4) is 0 Å². The van der Waals surface area contributed by atoms with E-state index in [0.717, 1.165) is 16.9 Å². The zero-order valence-electron chi connectivity index (χ0n) is 20.3. The van der Waals surface area contributed by atoms with Gasteiger partial charge >= 0.3 is 0 Å². The fourth-order valence-electron chi connectivity index (χ4n) is 3.43. The number of hydrogen-bond donors (Lipinski definition) is 3. The quantitative estimate of drug-likeness (QED) is 0.147. The van der Waals surface area contributed by atoms with E-state index in [1.54, 1.807) is 36.5 Å². The Hall–Kier alpha value is -5.31. The van der Waals surface area contributed by atoms with Gasteiger partial charge in [-0.1, -0.05) is 54.6 Å². The summed E-state index contributed by atoms with van der Waals surface area (Å²) in [5.74, 6) is 1.32. The number of halogens is 1. The molecule has 0 spiro atoms. The van der Waals surface area contributed by atoms with Crippen molar-refractivity contribution >= 4 is 35.4 Å². The van der Waals surface area contributed by atoms with Crippen LogP contribution in [0.2, 0.25) is 0 Å². The van der Waals surface area contributed by atoms with Gasteiger partial charge in [0.15, 0.2) is 0 Å². The van der Waals surface area contributed by atoms with Gasteiger partial charge in [0, 0.05) is 16.9 Å². The van der Waals surface area contributed by atoms with Gasteiger partial charge in [-0.2, -0.15) is 20.1 Å². The zero-order chi connectivity index (χ0) is 26.0. The summed E-state index contributed by atoms with van der Waals surface area (Å²) in [6, 6.07) is 33.1. The molecule has 0 unspecified atom stereocenters. The van der Waals surface area contributed by atoms with Crippen LogP contribution in [0.25, 0.3) is 0 Å². The van der Waals surface area contributed by atoms with Gasteiger partial charge in [-0.15, -0.1) is 0 Å². The van der Waals surface area contributed by atoms with Crippen LogP contribution in [0.5, 0.6) is 5.75 Å². The smallest absolute Gasteiger partial charge is 0.250 e. The van der Waals surface area contributed by atoms with Gasteiger partial charge in [0.2, 0.25) is 17.8 Å². The molecule has 1 aromatic heterocycles. The number of nitrogens with zero attached hydrogens (tertiary/aromatic N) is 4. The Bertz CT molecular complexity index is 1440. The zero-order valence-corrected chi connectivity index (χ0v) is 20.3. The van der Waals surface area contributed by atoms with Crippen molar-refractivity contribution in [1.29, 1.82) is 0 Å². The van der Waals surface area contributed by atoms with Gasteiger partial charge < -0.3 is 15.4 Å². The van der Waals surface area contributed by atoms with Crippen LogP contribution in [-0.4, -0.2) is 21.2 Å². The third-order valence-electron chi connectivity index (χ3n) is 5.31. The van der Waals surface area contributed by atoms with E-state index in [1.807, 2.05) is 72.8 Å². The Morgan fingerprint density at radius 2 is 1.21 bits per heavy atom. The van der Waals surface area contributed by atoms with Crippen molar-refractivity contribution in [3.05, 3.63) is 126 Å². The number of anilines is 5. The lowest BCUT2D eigenvalue weighted by Gasteiger charge is -2.10. The Balaban J connectivity index is 1.26. The summed E-state index contributed by atoms with van der Waals surface area (Å²) in [4.78, 5) is 13.3. The molecule has 3 N–H and O–H groups in total. The average Bonchev–Trinajstić information content (AvgIpc) is 2.94. The summed E-state index contributed by atoms with van der Waals surface area (Å²) in [5.41, 5.74) is 5.89. The molecule has 0 amide bonds. The molecular formula is C29H24FN7O. The number of para-hydroxylation sites is 2. The van der Waals surface area contributed by atoms with Crippen LogP contribution in [0.1, 0.15) is 11.1 Å². The van der Waals surface area contributed by atoms with Gasteiger partial charge in [-0.3, -0.25) is 0 Å². The predicted octanol–water partition coefficient (Wildman–Crippen LogP) is 6.52. The number of aromatic nitrogens is 3. The number of benzene rings is 4. The van der Waals surface area contributed by atoms with Crippen molar-refractivity contribution in [1.82, 2.24) is 15.0 Å². The van der Waals surface area contributed by atoms with Gasteiger partial charge in [0.05, 0.1) is 6.21 Å². The summed E-state index contributed by atoms with van der Waals surface area (Å²) in [6.45, 7) is 0.153. The Morgan fingerprint density at radius 3 is 1.82 bits per heavy atom. The van der Waals surface area contributed by atoms with Crippen LogP contribution >= 0.6 is 0 Å². The van der Waals surface area contributed by atoms with Crippen LogP contribution in [0.15, 0.2) is 114 Å². The normalized spacial score (nSPS) is 10.8. The lowest BCUT2D eigenvalue weighted by molar-refractivity contribution is 0.300. The third kappa shape index (κ3) is 6.88. The van der Waals surface area contributed by atoms with Crippen LogP contribution in [-0.2, 0) is 6.61 Å². The van der Waals surface area contributed by atoms with E-state index in [2.05, 4.69) is 36.1 Å². The second kappa shape index (κ2) is 12.1. The van der Waals surface area contributed by atoms with E-state index in [0.29, 0.717) is 23.2 Å². The highest BCUT2D eigenvalue weighted by Crippen LogP contribution is 2.19. The lowest BCUT2D eigenvalue weighted by Crippen LogP contribution is -2.07. The maximum absolute atomic E-state index is 13.8. The lowest BCUT2D eigenvalue weighted by atomic mass is 10.2. The minimum absolute atomic E-state index is 0.153. The first-order valence-corrected chi connectivity index (χ1v) is 11.9. The molecule has 38 heavy (non-hydrogen) atoms. The summed E-state index contributed by atoms with van der Waals surface area (Å²) in [6.07, 6.45) is 1.64. The van der Waals surface area contributed by atoms with Gasteiger partial charge in [0.25, 0.3) is 0 Å². The fraction of sp³-hybridized carbons (Fsp3) is 0.0345. The maximum atomic E-state index is 13.8. The molecular weight excluding hydrogens is 481 g/mol. The molecule has 0 bridgehead atoms. The first-order chi connectivity index (χ1) is 18.7. The predicted molar refractivity (Wildman–Crippen MR) is 148 cm³/mol. The number of ether oxygens (including phenoxy) is 1.